The molecule has 1 atom stereocenters. The first-order valence-electron chi connectivity index (χ1n) is 9.04. The average molecular weight is 332 g/mol. The highest BCUT2D eigenvalue weighted by Gasteiger charge is 2.45. The zero-order chi connectivity index (χ0) is 17.1. The molecule has 128 valence electrons. The highest BCUT2D eigenvalue weighted by Crippen LogP contribution is 2.37. The van der Waals surface area contributed by atoms with Crippen LogP contribution in [0.25, 0.3) is 6.08 Å². The van der Waals surface area contributed by atoms with Crippen molar-refractivity contribution in [3.8, 4) is 0 Å². The van der Waals surface area contributed by atoms with Crippen molar-refractivity contribution in [1.29, 1.82) is 0 Å². The van der Waals surface area contributed by atoms with Crippen molar-refractivity contribution in [2.75, 3.05) is 19.6 Å². The van der Waals surface area contributed by atoms with Crippen molar-refractivity contribution in [3.05, 3.63) is 77.4 Å². The summed E-state index contributed by atoms with van der Waals surface area (Å²) in [5, 5.41) is 3.15. The minimum absolute atomic E-state index is 0.221. The zero-order valence-corrected chi connectivity index (χ0v) is 14.4. The first-order valence-corrected chi connectivity index (χ1v) is 9.04. The van der Waals surface area contributed by atoms with Gasteiger partial charge in [0.2, 0.25) is 5.91 Å². The number of carbonyl (C=O) groups is 1. The number of carbonyl (C=O) groups excluding carboxylic acids is 1. The normalized spacial score (nSPS) is 23.6. The second-order valence-corrected chi connectivity index (χ2v) is 7.21. The van der Waals surface area contributed by atoms with E-state index in [0.717, 1.165) is 32.5 Å². The summed E-state index contributed by atoms with van der Waals surface area (Å²) < 4.78 is 0. The number of benzene rings is 2. The number of hydrogen-bond donors (Lipinski definition) is 1. The summed E-state index contributed by atoms with van der Waals surface area (Å²) in [7, 11) is 0. The van der Waals surface area contributed by atoms with Crippen molar-refractivity contribution in [2.24, 2.45) is 5.41 Å². The molecule has 0 radical (unpaired) electrons. The Morgan fingerprint density at radius 1 is 1.04 bits per heavy atom. The van der Waals surface area contributed by atoms with E-state index in [1.165, 1.54) is 16.7 Å². The van der Waals surface area contributed by atoms with E-state index in [2.05, 4.69) is 70.9 Å². The molecule has 1 unspecified atom stereocenters. The van der Waals surface area contributed by atoms with E-state index in [9.17, 15) is 4.79 Å². The molecule has 1 fully saturated rings. The van der Waals surface area contributed by atoms with Crippen molar-refractivity contribution < 1.29 is 4.79 Å². The van der Waals surface area contributed by atoms with Crippen LogP contribution in [0.1, 0.15) is 23.1 Å². The van der Waals surface area contributed by atoms with Gasteiger partial charge in [-0.1, -0.05) is 66.7 Å². The lowest BCUT2D eigenvalue weighted by Crippen LogP contribution is -2.42. The van der Waals surface area contributed by atoms with Crippen LogP contribution in [0.15, 0.2) is 60.7 Å². The third-order valence-electron chi connectivity index (χ3n) is 5.47. The minimum Gasteiger partial charge on any atom is -0.351 e. The van der Waals surface area contributed by atoms with Crippen LogP contribution in [0.3, 0.4) is 0 Å². The SMILES string of the molecule is O=C1NCc2ccccc2CC12CCN(C/C=C/c1ccccc1)C2. The number of nitrogens with zero attached hydrogens (tertiary/aromatic N) is 1. The van der Waals surface area contributed by atoms with Crippen LogP contribution in [-0.2, 0) is 17.8 Å². The first-order chi connectivity index (χ1) is 12.3. The Morgan fingerprint density at radius 3 is 2.64 bits per heavy atom. The van der Waals surface area contributed by atoms with Crippen molar-refractivity contribution in [3.63, 3.8) is 0 Å². The number of fused-ring (bicyclic) bond motifs is 1. The summed E-state index contributed by atoms with van der Waals surface area (Å²) in [6, 6.07) is 18.8. The fourth-order valence-corrected chi connectivity index (χ4v) is 4.06. The Hall–Kier alpha value is -2.39. The molecule has 1 spiro atoms. The third-order valence-corrected chi connectivity index (χ3v) is 5.47. The van der Waals surface area contributed by atoms with Gasteiger partial charge in [-0.15, -0.1) is 0 Å². The van der Waals surface area contributed by atoms with Crippen LogP contribution in [0.2, 0.25) is 0 Å². The number of rotatable bonds is 3. The van der Waals surface area contributed by atoms with E-state index in [4.69, 9.17) is 0 Å². The second-order valence-electron chi connectivity index (χ2n) is 7.21. The molecule has 4 rings (SSSR count). The quantitative estimate of drug-likeness (QED) is 0.936. The maximum atomic E-state index is 12.8. The molecular formula is C22H24N2O. The van der Waals surface area contributed by atoms with Gasteiger partial charge < -0.3 is 5.32 Å². The highest BCUT2D eigenvalue weighted by atomic mass is 16.2. The number of hydrogen-bond acceptors (Lipinski definition) is 2. The monoisotopic (exact) mass is 332 g/mol. The molecule has 1 amide bonds. The maximum absolute atomic E-state index is 12.8. The van der Waals surface area contributed by atoms with Gasteiger partial charge >= 0.3 is 0 Å². The van der Waals surface area contributed by atoms with Crippen molar-refractivity contribution in [1.82, 2.24) is 10.2 Å². The molecule has 25 heavy (non-hydrogen) atoms. The third kappa shape index (κ3) is 3.38. The molecule has 3 nitrogen and oxygen atoms in total. The van der Waals surface area contributed by atoms with Gasteiger partial charge in [-0.05, 0) is 36.1 Å². The lowest BCUT2D eigenvalue weighted by molar-refractivity contribution is -0.130. The fraction of sp³-hybridized carbons (Fsp3) is 0.318. The van der Waals surface area contributed by atoms with Crippen LogP contribution in [0, 0.1) is 5.41 Å². The van der Waals surface area contributed by atoms with E-state index in [1.54, 1.807) is 0 Å². The van der Waals surface area contributed by atoms with Gasteiger partial charge in [-0.3, -0.25) is 9.69 Å². The molecule has 2 aromatic carbocycles. The van der Waals surface area contributed by atoms with Gasteiger partial charge in [0.15, 0.2) is 0 Å². The molecule has 2 aliphatic rings. The Labute approximate surface area is 149 Å². The van der Waals surface area contributed by atoms with Crippen molar-refractivity contribution in [2.45, 2.75) is 19.4 Å². The number of amides is 1. The fourth-order valence-electron chi connectivity index (χ4n) is 4.06. The lowest BCUT2D eigenvalue weighted by atomic mass is 9.80. The molecule has 0 aliphatic carbocycles. The van der Waals surface area contributed by atoms with Gasteiger partial charge in [-0.2, -0.15) is 0 Å². The van der Waals surface area contributed by atoms with E-state index in [0.29, 0.717) is 6.54 Å². The number of nitrogens with one attached hydrogen (secondary N) is 1. The molecule has 2 heterocycles. The summed E-state index contributed by atoms with van der Waals surface area (Å²) in [5.41, 5.74) is 3.53. The first kappa shape index (κ1) is 16.1. The van der Waals surface area contributed by atoms with E-state index in [-0.39, 0.29) is 11.3 Å². The average Bonchev–Trinajstić information content (AvgIpc) is 2.99. The second kappa shape index (κ2) is 6.85. The Morgan fingerprint density at radius 2 is 1.80 bits per heavy atom. The molecule has 2 aromatic rings. The molecule has 2 aliphatic heterocycles. The Balaban J connectivity index is 1.45. The molecule has 3 heteroatoms. The van der Waals surface area contributed by atoms with Gasteiger partial charge in [0.05, 0.1) is 5.41 Å². The Bertz CT molecular complexity index is 784. The van der Waals surface area contributed by atoms with E-state index >= 15 is 0 Å². The van der Waals surface area contributed by atoms with Crippen LogP contribution in [-0.4, -0.2) is 30.4 Å². The summed E-state index contributed by atoms with van der Waals surface area (Å²) in [5.74, 6) is 0.221. The topological polar surface area (TPSA) is 32.3 Å². The summed E-state index contributed by atoms with van der Waals surface area (Å²) >= 11 is 0. The zero-order valence-electron chi connectivity index (χ0n) is 14.4. The highest BCUT2D eigenvalue weighted by molar-refractivity contribution is 5.84. The number of likely N-dealkylation sites (tertiary alicyclic amines) is 1. The summed E-state index contributed by atoms with van der Waals surface area (Å²) in [6.45, 7) is 3.37. The summed E-state index contributed by atoms with van der Waals surface area (Å²) in [6.07, 6.45) is 6.16. The largest absolute Gasteiger partial charge is 0.351 e. The molecule has 0 aromatic heterocycles. The molecule has 0 bridgehead atoms. The standard InChI is InChI=1S/C22H24N2O/c25-21-22(15-19-10-4-5-11-20(19)16-23-21)12-14-24(17-22)13-6-9-18-7-2-1-3-8-18/h1-11H,12-17H2,(H,23,25)/b9-6+. The molecular weight excluding hydrogens is 308 g/mol. The van der Waals surface area contributed by atoms with Crippen molar-refractivity contribution >= 4 is 12.0 Å². The minimum atomic E-state index is -0.271. The van der Waals surface area contributed by atoms with Gasteiger partial charge in [0.25, 0.3) is 0 Å². The van der Waals surface area contributed by atoms with Gasteiger partial charge in [0, 0.05) is 19.6 Å². The summed E-state index contributed by atoms with van der Waals surface area (Å²) in [4.78, 5) is 15.2. The molecule has 1 N–H and O–H groups in total. The maximum Gasteiger partial charge on any atom is 0.228 e. The predicted molar refractivity (Wildman–Crippen MR) is 101 cm³/mol. The van der Waals surface area contributed by atoms with Gasteiger partial charge in [-0.25, -0.2) is 0 Å². The van der Waals surface area contributed by atoms with E-state index in [1.807, 2.05) is 6.07 Å². The van der Waals surface area contributed by atoms with Gasteiger partial charge in [0.1, 0.15) is 0 Å². The Kier molecular flexibility index (Phi) is 4.41. The van der Waals surface area contributed by atoms with Crippen LogP contribution < -0.4 is 5.32 Å². The smallest absolute Gasteiger partial charge is 0.228 e. The van der Waals surface area contributed by atoms with Crippen LogP contribution in [0.4, 0.5) is 0 Å². The van der Waals surface area contributed by atoms with E-state index < -0.39 is 0 Å². The predicted octanol–water partition coefficient (Wildman–Crippen LogP) is 3.26. The van der Waals surface area contributed by atoms with Crippen LogP contribution in [0.5, 0.6) is 0 Å². The molecule has 1 saturated heterocycles. The van der Waals surface area contributed by atoms with Crippen LogP contribution >= 0.6 is 0 Å². The molecule has 0 saturated carbocycles. The lowest BCUT2D eigenvalue weighted by Gasteiger charge is -2.26.